The van der Waals surface area contributed by atoms with Gasteiger partial charge in [0.2, 0.25) is 0 Å². The van der Waals surface area contributed by atoms with Crippen LogP contribution in [-0.4, -0.2) is 54.3 Å². The monoisotopic (exact) mass is 360 g/mol. The number of imidazole rings is 1. The third-order valence-electron chi connectivity index (χ3n) is 3.40. The molecule has 0 aliphatic carbocycles. The Morgan fingerprint density at radius 2 is 1.85 bits per heavy atom. The predicted octanol–water partition coefficient (Wildman–Crippen LogP) is 1.80. The highest BCUT2D eigenvalue weighted by atomic mass is 16.6. The molecule has 0 unspecified atom stereocenters. The van der Waals surface area contributed by atoms with Crippen molar-refractivity contribution in [1.82, 2.24) is 25.9 Å². The molecule has 8 nitrogen and oxygen atoms in total. The van der Waals surface area contributed by atoms with Gasteiger partial charge in [-0.15, -0.1) is 0 Å². The first-order valence-corrected chi connectivity index (χ1v) is 8.72. The number of carbonyl (C=O) groups is 1. The van der Waals surface area contributed by atoms with Crippen molar-refractivity contribution in [3.63, 3.8) is 0 Å². The van der Waals surface area contributed by atoms with Gasteiger partial charge in [-0.1, -0.05) is 12.1 Å². The lowest BCUT2D eigenvalue weighted by Gasteiger charge is -2.19. The van der Waals surface area contributed by atoms with E-state index < -0.39 is 11.7 Å². The molecule has 2 aromatic rings. The Kier molecular flexibility index (Phi) is 6.82. The number of guanidine groups is 1. The van der Waals surface area contributed by atoms with E-state index in [1.165, 1.54) is 0 Å². The van der Waals surface area contributed by atoms with Crippen molar-refractivity contribution in [3.8, 4) is 0 Å². The predicted molar refractivity (Wildman–Crippen MR) is 103 cm³/mol. The van der Waals surface area contributed by atoms with E-state index in [1.54, 1.807) is 7.05 Å². The smallest absolute Gasteiger partial charge is 0.407 e. The lowest BCUT2D eigenvalue weighted by Crippen LogP contribution is -2.43. The van der Waals surface area contributed by atoms with Crippen molar-refractivity contribution in [2.24, 2.45) is 4.99 Å². The Hall–Kier alpha value is -2.77. The third kappa shape index (κ3) is 6.62. The van der Waals surface area contributed by atoms with Crippen LogP contribution in [0.3, 0.4) is 0 Å². The third-order valence-corrected chi connectivity index (χ3v) is 3.40. The summed E-state index contributed by atoms with van der Waals surface area (Å²) >= 11 is 0. The van der Waals surface area contributed by atoms with E-state index in [9.17, 15) is 4.79 Å². The lowest BCUT2D eigenvalue weighted by atomic mass is 10.2. The van der Waals surface area contributed by atoms with Crippen LogP contribution >= 0.6 is 0 Å². The van der Waals surface area contributed by atoms with E-state index in [-0.39, 0.29) is 0 Å². The number of benzene rings is 1. The summed E-state index contributed by atoms with van der Waals surface area (Å²) in [4.78, 5) is 23.6. The Labute approximate surface area is 153 Å². The molecule has 26 heavy (non-hydrogen) atoms. The van der Waals surface area contributed by atoms with Crippen LogP contribution in [0.1, 0.15) is 26.6 Å². The number of aromatic nitrogens is 2. The van der Waals surface area contributed by atoms with E-state index in [4.69, 9.17) is 4.74 Å². The zero-order valence-corrected chi connectivity index (χ0v) is 15.8. The van der Waals surface area contributed by atoms with Crippen molar-refractivity contribution in [2.75, 3.05) is 26.7 Å². The number of ether oxygens (including phenoxy) is 1. The highest BCUT2D eigenvalue weighted by molar-refractivity contribution is 5.79. The van der Waals surface area contributed by atoms with Gasteiger partial charge >= 0.3 is 6.09 Å². The number of nitrogens with zero attached hydrogens (tertiary/aromatic N) is 2. The molecule has 8 heteroatoms. The SMILES string of the molecule is CN=C(NCCNC(=O)OC(C)(C)C)NCCc1nc2ccccc2[nH]1. The van der Waals surface area contributed by atoms with Crippen LogP contribution in [0.15, 0.2) is 29.3 Å². The maximum atomic E-state index is 11.6. The number of fused-ring (bicyclic) bond motifs is 1. The second-order valence-electron chi connectivity index (χ2n) is 6.81. The Morgan fingerprint density at radius 1 is 1.15 bits per heavy atom. The minimum atomic E-state index is -0.494. The van der Waals surface area contributed by atoms with Crippen molar-refractivity contribution >= 4 is 23.1 Å². The standard InChI is InChI=1S/C18H28N6O2/c1-18(2,3)26-17(25)22-12-11-21-16(19-4)20-10-9-15-23-13-7-5-6-8-14(13)24-15/h5-8H,9-12H2,1-4H3,(H,22,25)(H,23,24)(H2,19,20,21). The average Bonchev–Trinajstić information content (AvgIpc) is 2.98. The minimum Gasteiger partial charge on any atom is -0.444 e. The number of aliphatic imine (C=N–C) groups is 1. The molecule has 0 aliphatic heterocycles. The fourth-order valence-corrected chi connectivity index (χ4v) is 2.30. The zero-order chi connectivity index (χ0) is 19.0. The first-order chi connectivity index (χ1) is 12.4. The van der Waals surface area contributed by atoms with E-state index in [2.05, 4.69) is 30.9 Å². The first-order valence-electron chi connectivity index (χ1n) is 8.72. The summed E-state index contributed by atoms with van der Waals surface area (Å²) in [6.07, 6.45) is 0.332. The van der Waals surface area contributed by atoms with Crippen LogP contribution in [0.4, 0.5) is 4.79 Å². The number of rotatable bonds is 6. The number of carbonyl (C=O) groups excluding carboxylic acids is 1. The molecule has 0 atom stereocenters. The molecule has 1 amide bonds. The minimum absolute atomic E-state index is 0.424. The first kappa shape index (κ1) is 19.6. The Bertz CT molecular complexity index is 714. The van der Waals surface area contributed by atoms with Gasteiger partial charge in [-0.25, -0.2) is 9.78 Å². The number of alkyl carbamates (subject to hydrolysis) is 1. The number of hydrogen-bond acceptors (Lipinski definition) is 4. The topological polar surface area (TPSA) is 103 Å². The summed E-state index contributed by atoms with van der Waals surface area (Å²) < 4.78 is 5.18. The van der Waals surface area contributed by atoms with E-state index in [0.29, 0.717) is 25.6 Å². The molecular weight excluding hydrogens is 332 g/mol. The summed E-state index contributed by atoms with van der Waals surface area (Å²) in [5.74, 6) is 1.60. The van der Waals surface area contributed by atoms with Crippen molar-refractivity contribution < 1.29 is 9.53 Å². The van der Waals surface area contributed by atoms with E-state index >= 15 is 0 Å². The molecule has 0 fully saturated rings. The van der Waals surface area contributed by atoms with Crippen molar-refractivity contribution in [2.45, 2.75) is 32.8 Å². The van der Waals surface area contributed by atoms with Gasteiger partial charge < -0.3 is 25.7 Å². The van der Waals surface area contributed by atoms with Crippen molar-refractivity contribution in [3.05, 3.63) is 30.1 Å². The molecule has 0 saturated heterocycles. The van der Waals surface area contributed by atoms with Gasteiger partial charge in [-0.3, -0.25) is 4.99 Å². The molecule has 1 aromatic carbocycles. The molecule has 0 saturated carbocycles. The highest BCUT2D eigenvalue weighted by Gasteiger charge is 2.15. The molecule has 142 valence electrons. The molecule has 0 bridgehead atoms. The molecule has 2 rings (SSSR count). The second-order valence-corrected chi connectivity index (χ2v) is 6.81. The maximum Gasteiger partial charge on any atom is 0.407 e. The molecular formula is C18H28N6O2. The summed E-state index contributed by atoms with van der Waals surface area (Å²) in [6, 6.07) is 7.96. The molecule has 0 spiro atoms. The van der Waals surface area contributed by atoms with Gasteiger partial charge in [0, 0.05) is 33.1 Å². The number of para-hydroxylation sites is 2. The summed E-state index contributed by atoms with van der Waals surface area (Å²) in [7, 11) is 1.71. The van der Waals surface area contributed by atoms with Crippen LogP contribution < -0.4 is 16.0 Å². The normalized spacial score (nSPS) is 12.1. The van der Waals surface area contributed by atoms with Gasteiger partial charge in [0.25, 0.3) is 0 Å². The van der Waals surface area contributed by atoms with Crippen molar-refractivity contribution in [1.29, 1.82) is 0 Å². The van der Waals surface area contributed by atoms with Crippen LogP contribution in [0.2, 0.25) is 0 Å². The number of aromatic amines is 1. The highest BCUT2D eigenvalue weighted by Crippen LogP contribution is 2.10. The van der Waals surface area contributed by atoms with Gasteiger partial charge in [0.15, 0.2) is 5.96 Å². The number of nitrogens with one attached hydrogen (secondary N) is 4. The summed E-state index contributed by atoms with van der Waals surface area (Å²) in [5, 5.41) is 9.06. The lowest BCUT2D eigenvalue weighted by molar-refractivity contribution is 0.0529. The number of H-pyrrole nitrogens is 1. The fourth-order valence-electron chi connectivity index (χ4n) is 2.30. The van der Waals surface area contributed by atoms with Gasteiger partial charge in [0.1, 0.15) is 11.4 Å². The van der Waals surface area contributed by atoms with Gasteiger partial charge in [0.05, 0.1) is 11.0 Å². The Balaban J connectivity index is 1.65. The number of hydrogen-bond donors (Lipinski definition) is 4. The number of amides is 1. The van der Waals surface area contributed by atoms with Gasteiger partial charge in [-0.05, 0) is 32.9 Å². The Morgan fingerprint density at radius 3 is 2.54 bits per heavy atom. The molecule has 1 aromatic heterocycles. The average molecular weight is 360 g/mol. The summed E-state index contributed by atoms with van der Waals surface area (Å²) in [5.41, 5.74) is 1.52. The van der Waals surface area contributed by atoms with Crippen LogP contribution in [-0.2, 0) is 11.2 Å². The molecule has 4 N–H and O–H groups in total. The largest absolute Gasteiger partial charge is 0.444 e. The second kappa shape index (κ2) is 9.07. The van der Waals surface area contributed by atoms with Gasteiger partial charge in [-0.2, -0.15) is 0 Å². The fraction of sp³-hybridized carbons (Fsp3) is 0.500. The zero-order valence-electron chi connectivity index (χ0n) is 15.8. The van der Waals surface area contributed by atoms with E-state index in [1.807, 2.05) is 45.0 Å². The molecule has 0 radical (unpaired) electrons. The van der Waals surface area contributed by atoms with E-state index in [0.717, 1.165) is 23.3 Å². The van der Waals surface area contributed by atoms with Crippen LogP contribution in [0, 0.1) is 0 Å². The van der Waals surface area contributed by atoms with Crippen LogP contribution in [0.25, 0.3) is 11.0 Å². The quantitative estimate of drug-likeness (QED) is 0.357. The van der Waals surface area contributed by atoms with Crippen LogP contribution in [0.5, 0.6) is 0 Å². The molecule has 1 heterocycles. The maximum absolute atomic E-state index is 11.6. The summed E-state index contributed by atoms with van der Waals surface area (Å²) in [6.45, 7) is 7.18. The molecule has 0 aliphatic rings.